The Hall–Kier alpha value is -2.69. The number of carbonyl (C=O) groups is 5. The number of ether oxygens (including phenoxy) is 6. The Morgan fingerprint density at radius 3 is 1.70 bits per heavy atom. The highest BCUT2D eigenvalue weighted by molar-refractivity contribution is 5.69. The van der Waals surface area contributed by atoms with Crippen LogP contribution >= 0.6 is 0 Å². The van der Waals surface area contributed by atoms with Gasteiger partial charge in [-0.05, 0) is 0 Å². The molecule has 0 unspecified atom stereocenters. The van der Waals surface area contributed by atoms with Crippen LogP contribution in [-0.4, -0.2) is 67.2 Å². The second-order valence-corrected chi connectivity index (χ2v) is 5.68. The maximum Gasteiger partial charge on any atom is 0.305 e. The van der Waals surface area contributed by atoms with Crippen LogP contribution in [0.5, 0.6) is 0 Å². The molecule has 11 heteroatoms. The molecule has 1 aliphatic heterocycles. The second kappa shape index (κ2) is 9.86. The summed E-state index contributed by atoms with van der Waals surface area (Å²) in [4.78, 5) is 56.7. The van der Waals surface area contributed by atoms with Crippen molar-refractivity contribution in [2.75, 3.05) is 6.61 Å². The standard InChI is InChI=1S/C16H22O11/c1-7(17)22-6-12(23-8(2)18)13-14(24-9(3)19)15(25-10(4)20)16(27-13)26-11(5)21/h12-16H,6H2,1-5H3/t12-,13-,14-,15+,16+/m1/s1. The van der Waals surface area contributed by atoms with Gasteiger partial charge in [0.25, 0.3) is 0 Å². The fraction of sp³-hybridized carbons (Fsp3) is 0.688. The first-order valence-corrected chi connectivity index (χ1v) is 7.99. The molecular formula is C16H22O11. The van der Waals surface area contributed by atoms with Gasteiger partial charge in [-0.25, -0.2) is 0 Å². The SMILES string of the molecule is CC(=O)OC[C@@H](OC(C)=O)[C@H]1O[C@H](OC(C)=O)[C@@H](OC(C)=O)[C@@H]1OC(C)=O. The topological polar surface area (TPSA) is 141 Å². The molecule has 1 heterocycles. The van der Waals surface area contributed by atoms with Crippen molar-refractivity contribution in [3.05, 3.63) is 0 Å². The van der Waals surface area contributed by atoms with Crippen molar-refractivity contribution in [2.45, 2.75) is 65.3 Å². The zero-order valence-electron chi connectivity index (χ0n) is 15.6. The lowest BCUT2D eigenvalue weighted by Gasteiger charge is -2.27. The van der Waals surface area contributed by atoms with Crippen molar-refractivity contribution in [2.24, 2.45) is 0 Å². The van der Waals surface area contributed by atoms with Crippen LogP contribution in [0, 0.1) is 0 Å². The summed E-state index contributed by atoms with van der Waals surface area (Å²) >= 11 is 0. The average Bonchev–Trinajstić information content (AvgIpc) is 2.79. The maximum atomic E-state index is 11.5. The fourth-order valence-electron chi connectivity index (χ4n) is 2.46. The smallest absolute Gasteiger partial charge is 0.305 e. The summed E-state index contributed by atoms with van der Waals surface area (Å²) in [7, 11) is 0. The van der Waals surface area contributed by atoms with E-state index in [4.69, 9.17) is 28.4 Å². The fourth-order valence-corrected chi connectivity index (χ4v) is 2.46. The third-order valence-corrected chi connectivity index (χ3v) is 3.23. The van der Waals surface area contributed by atoms with Gasteiger partial charge in [0.2, 0.25) is 12.4 Å². The second-order valence-electron chi connectivity index (χ2n) is 5.68. The van der Waals surface area contributed by atoms with E-state index < -0.39 is 67.2 Å². The monoisotopic (exact) mass is 390 g/mol. The zero-order valence-corrected chi connectivity index (χ0v) is 15.6. The van der Waals surface area contributed by atoms with Crippen molar-refractivity contribution >= 4 is 29.8 Å². The molecule has 5 atom stereocenters. The molecule has 1 saturated heterocycles. The first-order chi connectivity index (χ1) is 12.5. The van der Waals surface area contributed by atoms with Gasteiger partial charge in [-0.1, -0.05) is 0 Å². The minimum atomic E-state index is -1.42. The molecule has 0 N–H and O–H groups in total. The Kier molecular flexibility index (Phi) is 8.16. The molecule has 1 fully saturated rings. The van der Waals surface area contributed by atoms with Crippen molar-refractivity contribution < 1.29 is 52.4 Å². The molecule has 0 aliphatic carbocycles. The number of hydrogen-bond acceptors (Lipinski definition) is 11. The van der Waals surface area contributed by atoms with Crippen LogP contribution in [0.2, 0.25) is 0 Å². The molecule has 0 amide bonds. The van der Waals surface area contributed by atoms with Crippen LogP contribution in [0.25, 0.3) is 0 Å². The first kappa shape index (κ1) is 22.4. The van der Waals surface area contributed by atoms with Gasteiger partial charge >= 0.3 is 29.8 Å². The summed E-state index contributed by atoms with van der Waals surface area (Å²) in [5.41, 5.74) is 0. The Morgan fingerprint density at radius 2 is 1.26 bits per heavy atom. The lowest BCUT2D eigenvalue weighted by atomic mass is 10.1. The highest BCUT2D eigenvalue weighted by Gasteiger charge is 2.55. The molecule has 0 aromatic rings. The quantitative estimate of drug-likeness (QED) is 0.415. The Labute approximate surface area is 155 Å². The molecule has 11 nitrogen and oxygen atoms in total. The van der Waals surface area contributed by atoms with Crippen molar-refractivity contribution in [3.8, 4) is 0 Å². The van der Waals surface area contributed by atoms with E-state index in [1.807, 2.05) is 0 Å². The summed E-state index contributed by atoms with van der Waals surface area (Å²) < 4.78 is 30.7. The van der Waals surface area contributed by atoms with Crippen LogP contribution in [-0.2, 0) is 52.4 Å². The normalized spacial score (nSPS) is 25.1. The summed E-state index contributed by atoms with van der Waals surface area (Å²) in [6.07, 6.45) is -6.46. The van der Waals surface area contributed by atoms with Crippen LogP contribution in [0.15, 0.2) is 0 Å². The third kappa shape index (κ3) is 7.21. The highest BCUT2D eigenvalue weighted by atomic mass is 16.8. The first-order valence-electron chi connectivity index (χ1n) is 7.99. The maximum absolute atomic E-state index is 11.5. The predicted molar refractivity (Wildman–Crippen MR) is 83.7 cm³/mol. The molecule has 0 bridgehead atoms. The van der Waals surface area contributed by atoms with Crippen LogP contribution in [0.4, 0.5) is 0 Å². The minimum Gasteiger partial charge on any atom is -0.462 e. The van der Waals surface area contributed by atoms with Crippen molar-refractivity contribution in [3.63, 3.8) is 0 Å². The molecule has 152 valence electrons. The van der Waals surface area contributed by atoms with Gasteiger partial charge in [0.15, 0.2) is 12.2 Å². The van der Waals surface area contributed by atoms with E-state index >= 15 is 0 Å². The lowest BCUT2D eigenvalue weighted by Crippen LogP contribution is -2.46. The highest BCUT2D eigenvalue weighted by Crippen LogP contribution is 2.31. The van der Waals surface area contributed by atoms with Gasteiger partial charge in [0, 0.05) is 34.6 Å². The summed E-state index contributed by atoms with van der Waals surface area (Å²) in [5.74, 6) is -3.62. The van der Waals surface area contributed by atoms with Gasteiger partial charge in [-0.3, -0.25) is 24.0 Å². The number of esters is 5. The van der Waals surface area contributed by atoms with Crippen molar-refractivity contribution in [1.29, 1.82) is 0 Å². The van der Waals surface area contributed by atoms with E-state index in [1.54, 1.807) is 0 Å². The van der Waals surface area contributed by atoms with Gasteiger partial charge in [-0.15, -0.1) is 0 Å². The molecule has 0 aromatic heterocycles. The summed E-state index contributed by atoms with van der Waals surface area (Å²) in [6.45, 7) is 5.15. The molecule has 1 rings (SSSR count). The van der Waals surface area contributed by atoms with Crippen molar-refractivity contribution in [1.82, 2.24) is 0 Å². The van der Waals surface area contributed by atoms with E-state index in [-0.39, 0.29) is 0 Å². The Balaban J connectivity index is 3.20. The molecule has 0 spiro atoms. The van der Waals surface area contributed by atoms with E-state index in [0.29, 0.717) is 0 Å². The van der Waals surface area contributed by atoms with E-state index in [2.05, 4.69) is 0 Å². The van der Waals surface area contributed by atoms with Gasteiger partial charge < -0.3 is 28.4 Å². The number of rotatable bonds is 7. The summed E-state index contributed by atoms with van der Waals surface area (Å²) in [5, 5.41) is 0. The van der Waals surface area contributed by atoms with Crippen LogP contribution in [0.1, 0.15) is 34.6 Å². The Morgan fingerprint density at radius 1 is 0.741 bits per heavy atom. The van der Waals surface area contributed by atoms with Gasteiger partial charge in [-0.2, -0.15) is 0 Å². The largest absolute Gasteiger partial charge is 0.462 e. The third-order valence-electron chi connectivity index (χ3n) is 3.23. The van der Waals surface area contributed by atoms with Crippen LogP contribution in [0.3, 0.4) is 0 Å². The van der Waals surface area contributed by atoms with Gasteiger partial charge in [0.1, 0.15) is 12.7 Å². The molecule has 0 aromatic carbocycles. The van der Waals surface area contributed by atoms with Crippen LogP contribution < -0.4 is 0 Å². The summed E-state index contributed by atoms with van der Waals surface area (Å²) in [6, 6.07) is 0. The molecule has 1 aliphatic rings. The van der Waals surface area contributed by atoms with E-state index in [9.17, 15) is 24.0 Å². The zero-order chi connectivity index (χ0) is 20.7. The molecule has 27 heavy (non-hydrogen) atoms. The molecular weight excluding hydrogens is 368 g/mol. The van der Waals surface area contributed by atoms with E-state index in [1.165, 1.54) is 0 Å². The molecule has 0 radical (unpaired) electrons. The van der Waals surface area contributed by atoms with Gasteiger partial charge in [0.05, 0.1) is 0 Å². The van der Waals surface area contributed by atoms with E-state index in [0.717, 1.165) is 34.6 Å². The number of hydrogen-bond donors (Lipinski definition) is 0. The minimum absolute atomic E-state index is 0.420. The average molecular weight is 390 g/mol. The predicted octanol–water partition coefficient (Wildman–Crippen LogP) is -0.367. The Bertz CT molecular complexity index is 599. The number of carbonyl (C=O) groups excluding carboxylic acids is 5. The molecule has 0 saturated carbocycles. The lowest BCUT2D eigenvalue weighted by molar-refractivity contribution is -0.203.